The molecular formula is C19H24N2O2. The van der Waals surface area contributed by atoms with Crippen molar-refractivity contribution in [1.29, 1.82) is 0 Å². The molecule has 0 unspecified atom stereocenters. The van der Waals surface area contributed by atoms with Crippen LogP contribution in [0.5, 0.6) is 0 Å². The van der Waals surface area contributed by atoms with Gasteiger partial charge in [-0.2, -0.15) is 0 Å². The lowest BCUT2D eigenvalue weighted by atomic mass is 9.97. The fourth-order valence-corrected chi connectivity index (χ4v) is 3.31. The summed E-state index contributed by atoms with van der Waals surface area (Å²) in [6, 6.07) is 7.37. The van der Waals surface area contributed by atoms with Gasteiger partial charge in [-0.05, 0) is 56.7 Å². The number of hydrogen-bond acceptors (Lipinski definition) is 2. The Kier molecular flexibility index (Phi) is 5.11. The Balaban J connectivity index is 1.56. The molecule has 0 bridgehead atoms. The molecule has 2 amide bonds. The fraction of sp³-hybridized carbons (Fsp3) is 0.474. The Morgan fingerprint density at radius 3 is 2.83 bits per heavy atom. The van der Waals surface area contributed by atoms with Crippen molar-refractivity contribution in [3.63, 3.8) is 0 Å². The summed E-state index contributed by atoms with van der Waals surface area (Å²) in [7, 11) is 0. The molecule has 0 radical (unpaired) electrons. The Bertz CT molecular complexity index is 622. The molecule has 0 aromatic heterocycles. The lowest BCUT2D eigenvalue weighted by Gasteiger charge is -2.16. The molecular weight excluding hydrogens is 288 g/mol. The van der Waals surface area contributed by atoms with Crippen molar-refractivity contribution < 1.29 is 9.59 Å². The molecule has 4 heteroatoms. The molecule has 4 nitrogen and oxygen atoms in total. The number of rotatable bonds is 5. The van der Waals surface area contributed by atoms with E-state index in [1.54, 1.807) is 11.0 Å². The van der Waals surface area contributed by atoms with Crippen LogP contribution >= 0.6 is 0 Å². The predicted molar refractivity (Wildman–Crippen MR) is 91.5 cm³/mol. The number of carbonyl (C=O) groups is 2. The Labute approximate surface area is 137 Å². The van der Waals surface area contributed by atoms with E-state index in [0.29, 0.717) is 18.5 Å². The summed E-state index contributed by atoms with van der Waals surface area (Å²) in [5.41, 5.74) is 2.92. The summed E-state index contributed by atoms with van der Waals surface area (Å²) < 4.78 is 0. The number of allylic oxidation sites excluding steroid dienone is 1. The van der Waals surface area contributed by atoms with Gasteiger partial charge in [0.25, 0.3) is 5.91 Å². The van der Waals surface area contributed by atoms with Gasteiger partial charge in [0, 0.05) is 30.8 Å². The van der Waals surface area contributed by atoms with E-state index in [9.17, 15) is 9.59 Å². The van der Waals surface area contributed by atoms with Crippen LogP contribution in [0.2, 0.25) is 0 Å². The van der Waals surface area contributed by atoms with Gasteiger partial charge < -0.3 is 10.2 Å². The van der Waals surface area contributed by atoms with Gasteiger partial charge in [0.1, 0.15) is 0 Å². The second kappa shape index (κ2) is 7.44. The zero-order valence-electron chi connectivity index (χ0n) is 13.5. The molecule has 1 aliphatic carbocycles. The molecule has 0 spiro atoms. The number of benzene rings is 1. The first-order valence-electron chi connectivity index (χ1n) is 8.60. The lowest BCUT2D eigenvalue weighted by Crippen LogP contribution is -2.26. The molecule has 1 saturated heterocycles. The Hall–Kier alpha value is -2.10. The topological polar surface area (TPSA) is 49.4 Å². The highest BCUT2D eigenvalue weighted by Gasteiger charge is 2.22. The predicted octanol–water partition coefficient (Wildman–Crippen LogP) is 3.43. The summed E-state index contributed by atoms with van der Waals surface area (Å²) in [6.07, 6.45) is 9.66. The van der Waals surface area contributed by atoms with Crippen LogP contribution in [-0.2, 0) is 4.79 Å². The second-order valence-corrected chi connectivity index (χ2v) is 6.31. The number of nitrogens with one attached hydrogen (secondary N) is 1. The van der Waals surface area contributed by atoms with Gasteiger partial charge in [-0.1, -0.05) is 17.7 Å². The van der Waals surface area contributed by atoms with Gasteiger partial charge in [0.05, 0.1) is 0 Å². The van der Waals surface area contributed by atoms with Crippen LogP contribution in [-0.4, -0.2) is 24.9 Å². The normalized spacial score (nSPS) is 18.0. The van der Waals surface area contributed by atoms with Crippen molar-refractivity contribution in [2.75, 3.05) is 18.0 Å². The minimum absolute atomic E-state index is 0.0603. The molecule has 1 aliphatic heterocycles. The minimum atomic E-state index is -0.0603. The molecule has 1 aromatic rings. The summed E-state index contributed by atoms with van der Waals surface area (Å²) in [4.78, 5) is 25.9. The zero-order valence-corrected chi connectivity index (χ0v) is 13.5. The molecule has 3 rings (SSSR count). The third kappa shape index (κ3) is 4.01. The van der Waals surface area contributed by atoms with Gasteiger partial charge in [0.15, 0.2) is 0 Å². The smallest absolute Gasteiger partial charge is 0.251 e. The van der Waals surface area contributed by atoms with Gasteiger partial charge in [0.2, 0.25) is 5.91 Å². The fourth-order valence-electron chi connectivity index (χ4n) is 3.31. The van der Waals surface area contributed by atoms with Crippen molar-refractivity contribution in [3.8, 4) is 0 Å². The van der Waals surface area contributed by atoms with Crippen LogP contribution in [0.25, 0.3) is 0 Å². The number of carbonyl (C=O) groups excluding carboxylic acids is 2. The molecule has 1 heterocycles. The molecule has 122 valence electrons. The largest absolute Gasteiger partial charge is 0.352 e. The van der Waals surface area contributed by atoms with Gasteiger partial charge >= 0.3 is 0 Å². The Morgan fingerprint density at radius 1 is 1.17 bits per heavy atom. The maximum atomic E-state index is 12.3. The standard InChI is InChI=1S/C19H24N2O2/c22-18-10-5-13-21(18)17-9-4-8-16(14-17)19(23)20-12-11-15-6-2-1-3-7-15/h4,6,8-9,14H,1-3,5,7,10-13H2,(H,20,23). The highest BCUT2D eigenvalue weighted by atomic mass is 16.2. The van der Waals surface area contributed by atoms with Crippen molar-refractivity contribution >= 4 is 17.5 Å². The SMILES string of the molecule is O=C(NCCC1=CCCCC1)c1cccc(N2CCCC2=O)c1. The first-order chi connectivity index (χ1) is 11.2. The van der Waals surface area contributed by atoms with Crippen LogP contribution in [0.1, 0.15) is 55.3 Å². The van der Waals surface area contributed by atoms with E-state index in [4.69, 9.17) is 0 Å². The quantitative estimate of drug-likeness (QED) is 0.847. The molecule has 0 saturated carbocycles. The maximum absolute atomic E-state index is 12.3. The summed E-state index contributed by atoms with van der Waals surface area (Å²) in [5.74, 6) is 0.0849. The van der Waals surface area contributed by atoms with Gasteiger partial charge in [-0.25, -0.2) is 0 Å². The first-order valence-corrected chi connectivity index (χ1v) is 8.60. The third-order valence-electron chi connectivity index (χ3n) is 4.61. The van der Waals surface area contributed by atoms with Crippen LogP contribution < -0.4 is 10.2 Å². The maximum Gasteiger partial charge on any atom is 0.251 e. The molecule has 1 aromatic carbocycles. The lowest BCUT2D eigenvalue weighted by molar-refractivity contribution is -0.117. The monoisotopic (exact) mass is 312 g/mol. The highest BCUT2D eigenvalue weighted by molar-refractivity contribution is 5.99. The van der Waals surface area contributed by atoms with Gasteiger partial charge in [-0.3, -0.25) is 9.59 Å². The van der Waals surface area contributed by atoms with E-state index >= 15 is 0 Å². The van der Waals surface area contributed by atoms with E-state index in [-0.39, 0.29) is 11.8 Å². The van der Waals surface area contributed by atoms with E-state index in [1.807, 2.05) is 18.2 Å². The molecule has 1 N–H and O–H groups in total. The number of anilines is 1. The van der Waals surface area contributed by atoms with E-state index < -0.39 is 0 Å². The number of hydrogen-bond donors (Lipinski definition) is 1. The average molecular weight is 312 g/mol. The highest BCUT2D eigenvalue weighted by Crippen LogP contribution is 2.22. The second-order valence-electron chi connectivity index (χ2n) is 6.31. The first kappa shape index (κ1) is 15.8. The molecule has 0 atom stereocenters. The molecule has 1 fully saturated rings. The van der Waals surface area contributed by atoms with Crippen LogP contribution in [0.3, 0.4) is 0 Å². The van der Waals surface area contributed by atoms with E-state index in [2.05, 4.69) is 11.4 Å². The van der Waals surface area contributed by atoms with Crippen molar-refractivity contribution in [1.82, 2.24) is 5.32 Å². The van der Waals surface area contributed by atoms with Crippen molar-refractivity contribution in [2.45, 2.75) is 44.9 Å². The summed E-state index contributed by atoms with van der Waals surface area (Å²) in [5, 5.41) is 2.99. The average Bonchev–Trinajstić information content (AvgIpc) is 3.02. The van der Waals surface area contributed by atoms with Crippen LogP contribution in [0, 0.1) is 0 Å². The van der Waals surface area contributed by atoms with Crippen LogP contribution in [0.15, 0.2) is 35.9 Å². The summed E-state index contributed by atoms with van der Waals surface area (Å²) in [6.45, 7) is 1.43. The zero-order chi connectivity index (χ0) is 16.1. The third-order valence-corrected chi connectivity index (χ3v) is 4.61. The van der Waals surface area contributed by atoms with Crippen molar-refractivity contribution in [2.24, 2.45) is 0 Å². The van der Waals surface area contributed by atoms with Crippen LogP contribution in [0.4, 0.5) is 5.69 Å². The minimum Gasteiger partial charge on any atom is -0.352 e. The summed E-state index contributed by atoms with van der Waals surface area (Å²) >= 11 is 0. The van der Waals surface area contributed by atoms with Gasteiger partial charge in [-0.15, -0.1) is 0 Å². The molecule has 2 aliphatic rings. The number of nitrogens with zero attached hydrogens (tertiary/aromatic N) is 1. The number of amides is 2. The van der Waals surface area contributed by atoms with E-state index in [1.165, 1.54) is 31.3 Å². The van der Waals surface area contributed by atoms with Crippen molar-refractivity contribution in [3.05, 3.63) is 41.5 Å². The molecule has 23 heavy (non-hydrogen) atoms. The van der Waals surface area contributed by atoms with E-state index in [0.717, 1.165) is 25.1 Å². The Morgan fingerprint density at radius 2 is 2.09 bits per heavy atom.